The monoisotopic (exact) mass is 369 g/mol. The summed E-state index contributed by atoms with van der Waals surface area (Å²) in [7, 11) is 4.55. The van der Waals surface area contributed by atoms with E-state index in [2.05, 4.69) is 0 Å². The first-order valence-electron chi connectivity index (χ1n) is 8.80. The van der Waals surface area contributed by atoms with Gasteiger partial charge in [0.2, 0.25) is 5.91 Å². The summed E-state index contributed by atoms with van der Waals surface area (Å²) in [6, 6.07) is 11.0. The Kier molecular flexibility index (Phi) is 5.64. The number of carbonyl (C=O) groups is 2. The number of nitrogens with zero attached hydrogens (tertiary/aromatic N) is 1. The summed E-state index contributed by atoms with van der Waals surface area (Å²) in [5, 5.41) is 0. The SMILES string of the molecule is COC(=O)c1ccc2c(c1)CCN2C(=O)CCc1ccc(OC)c(OC)c1. The minimum atomic E-state index is -0.365. The lowest BCUT2D eigenvalue weighted by atomic mass is 10.1. The van der Waals surface area contributed by atoms with E-state index >= 15 is 0 Å². The fourth-order valence-corrected chi connectivity index (χ4v) is 3.33. The molecule has 1 amide bonds. The molecule has 2 aromatic carbocycles. The normalized spacial score (nSPS) is 12.5. The van der Waals surface area contributed by atoms with Crippen molar-refractivity contribution >= 4 is 17.6 Å². The van der Waals surface area contributed by atoms with Crippen LogP contribution in [0.1, 0.15) is 27.9 Å². The number of ether oxygens (including phenoxy) is 3. The van der Waals surface area contributed by atoms with Crippen LogP contribution in [0.2, 0.25) is 0 Å². The van der Waals surface area contributed by atoms with Gasteiger partial charge in [-0.15, -0.1) is 0 Å². The molecule has 0 unspecified atom stereocenters. The highest BCUT2D eigenvalue weighted by atomic mass is 16.5. The quantitative estimate of drug-likeness (QED) is 0.733. The van der Waals surface area contributed by atoms with Crippen LogP contribution in [0.25, 0.3) is 0 Å². The maximum Gasteiger partial charge on any atom is 0.337 e. The Balaban J connectivity index is 1.68. The Bertz CT molecular complexity index is 862. The van der Waals surface area contributed by atoms with Gasteiger partial charge in [0, 0.05) is 18.7 Å². The Morgan fingerprint density at radius 2 is 1.78 bits per heavy atom. The molecule has 0 N–H and O–H groups in total. The predicted octanol–water partition coefficient (Wildman–Crippen LogP) is 3.01. The van der Waals surface area contributed by atoms with Gasteiger partial charge in [-0.25, -0.2) is 4.79 Å². The number of fused-ring (bicyclic) bond motifs is 1. The number of methoxy groups -OCH3 is 3. The number of hydrogen-bond acceptors (Lipinski definition) is 5. The van der Waals surface area contributed by atoms with Crippen LogP contribution in [-0.2, 0) is 22.4 Å². The molecule has 1 aliphatic rings. The van der Waals surface area contributed by atoms with Crippen molar-refractivity contribution in [3.63, 3.8) is 0 Å². The summed E-state index contributed by atoms with van der Waals surface area (Å²) in [6.07, 6.45) is 1.75. The van der Waals surface area contributed by atoms with Crippen molar-refractivity contribution < 1.29 is 23.8 Å². The molecule has 27 heavy (non-hydrogen) atoms. The second-order valence-electron chi connectivity index (χ2n) is 6.32. The number of aryl methyl sites for hydroxylation is 1. The molecule has 0 aliphatic carbocycles. The molecule has 0 fully saturated rings. The van der Waals surface area contributed by atoms with Crippen LogP contribution in [-0.4, -0.2) is 39.8 Å². The molecule has 6 heteroatoms. The largest absolute Gasteiger partial charge is 0.493 e. The minimum absolute atomic E-state index is 0.0642. The lowest BCUT2D eigenvalue weighted by Crippen LogP contribution is -2.29. The highest BCUT2D eigenvalue weighted by Gasteiger charge is 2.25. The van der Waals surface area contributed by atoms with Crippen LogP contribution in [0.5, 0.6) is 11.5 Å². The summed E-state index contributed by atoms with van der Waals surface area (Å²) in [5.74, 6) is 1.03. The summed E-state index contributed by atoms with van der Waals surface area (Å²) >= 11 is 0. The van der Waals surface area contributed by atoms with E-state index in [0.29, 0.717) is 36.4 Å². The molecular formula is C21H23NO5. The molecule has 1 heterocycles. The summed E-state index contributed by atoms with van der Waals surface area (Å²) in [5.41, 5.74) is 3.40. The standard InChI is InChI=1S/C21H23NO5/c1-25-18-8-4-14(12-19(18)26-2)5-9-20(23)22-11-10-15-13-16(21(24)27-3)6-7-17(15)22/h4,6-8,12-13H,5,9-11H2,1-3H3. The second-order valence-corrected chi connectivity index (χ2v) is 6.32. The molecule has 2 aromatic rings. The van der Waals surface area contributed by atoms with E-state index in [4.69, 9.17) is 14.2 Å². The molecule has 0 atom stereocenters. The molecule has 0 spiro atoms. The zero-order valence-electron chi connectivity index (χ0n) is 15.8. The number of rotatable bonds is 6. The average Bonchev–Trinajstić information content (AvgIpc) is 3.14. The van der Waals surface area contributed by atoms with Gasteiger partial charge in [0.1, 0.15) is 0 Å². The third-order valence-electron chi connectivity index (χ3n) is 4.77. The van der Waals surface area contributed by atoms with E-state index in [1.807, 2.05) is 30.3 Å². The minimum Gasteiger partial charge on any atom is -0.493 e. The molecule has 3 rings (SSSR count). The van der Waals surface area contributed by atoms with Crippen molar-refractivity contribution in [2.45, 2.75) is 19.3 Å². The maximum absolute atomic E-state index is 12.7. The molecule has 0 bridgehead atoms. The third-order valence-corrected chi connectivity index (χ3v) is 4.77. The fraction of sp³-hybridized carbons (Fsp3) is 0.333. The average molecular weight is 369 g/mol. The number of carbonyl (C=O) groups excluding carboxylic acids is 2. The molecule has 1 aliphatic heterocycles. The van der Waals surface area contributed by atoms with Gasteiger partial charge in [-0.1, -0.05) is 6.07 Å². The highest BCUT2D eigenvalue weighted by Crippen LogP contribution is 2.31. The van der Waals surface area contributed by atoms with Crippen molar-refractivity contribution in [2.75, 3.05) is 32.8 Å². The summed E-state index contributed by atoms with van der Waals surface area (Å²) in [4.78, 5) is 26.2. The van der Waals surface area contributed by atoms with Crippen molar-refractivity contribution in [2.24, 2.45) is 0 Å². The van der Waals surface area contributed by atoms with E-state index in [9.17, 15) is 9.59 Å². The first-order chi connectivity index (χ1) is 13.1. The van der Waals surface area contributed by atoms with Gasteiger partial charge >= 0.3 is 5.97 Å². The van der Waals surface area contributed by atoms with Gasteiger partial charge in [-0.05, 0) is 54.3 Å². The lowest BCUT2D eigenvalue weighted by Gasteiger charge is -2.18. The van der Waals surface area contributed by atoms with Gasteiger partial charge in [0.05, 0.1) is 26.9 Å². The molecular weight excluding hydrogens is 346 g/mol. The van der Waals surface area contributed by atoms with Crippen molar-refractivity contribution in [3.8, 4) is 11.5 Å². The Labute approximate surface area is 158 Å². The maximum atomic E-state index is 12.7. The first-order valence-corrected chi connectivity index (χ1v) is 8.80. The number of esters is 1. The van der Waals surface area contributed by atoms with Gasteiger partial charge in [-0.2, -0.15) is 0 Å². The molecule has 6 nitrogen and oxygen atoms in total. The number of benzene rings is 2. The Morgan fingerprint density at radius 1 is 1.00 bits per heavy atom. The zero-order chi connectivity index (χ0) is 19.4. The van der Waals surface area contributed by atoms with Crippen molar-refractivity contribution in [1.82, 2.24) is 0 Å². The Hall–Kier alpha value is -3.02. The van der Waals surface area contributed by atoms with Crippen molar-refractivity contribution in [3.05, 3.63) is 53.1 Å². The third kappa shape index (κ3) is 3.89. The zero-order valence-corrected chi connectivity index (χ0v) is 15.8. The van der Waals surface area contributed by atoms with Gasteiger partial charge in [-0.3, -0.25) is 4.79 Å². The van der Waals surface area contributed by atoms with E-state index < -0.39 is 0 Å². The van der Waals surface area contributed by atoms with Crippen LogP contribution in [0.4, 0.5) is 5.69 Å². The van der Waals surface area contributed by atoms with Crippen LogP contribution >= 0.6 is 0 Å². The van der Waals surface area contributed by atoms with Gasteiger partial charge < -0.3 is 19.1 Å². The van der Waals surface area contributed by atoms with Crippen LogP contribution in [0, 0.1) is 0 Å². The van der Waals surface area contributed by atoms with Crippen LogP contribution in [0.3, 0.4) is 0 Å². The first kappa shape index (κ1) is 18.8. The van der Waals surface area contributed by atoms with E-state index in [-0.39, 0.29) is 11.9 Å². The molecule has 0 radical (unpaired) electrons. The molecule has 142 valence electrons. The van der Waals surface area contributed by atoms with Gasteiger partial charge in [0.25, 0.3) is 0 Å². The van der Waals surface area contributed by atoms with Gasteiger partial charge in [0.15, 0.2) is 11.5 Å². The van der Waals surface area contributed by atoms with Crippen molar-refractivity contribution in [1.29, 1.82) is 0 Å². The molecule has 0 aromatic heterocycles. The fourth-order valence-electron chi connectivity index (χ4n) is 3.33. The van der Waals surface area contributed by atoms with E-state index in [1.54, 1.807) is 25.2 Å². The predicted molar refractivity (Wildman–Crippen MR) is 102 cm³/mol. The number of anilines is 1. The topological polar surface area (TPSA) is 65.1 Å². The van der Waals surface area contributed by atoms with E-state index in [0.717, 1.165) is 23.2 Å². The number of amides is 1. The lowest BCUT2D eigenvalue weighted by molar-refractivity contribution is -0.118. The van der Waals surface area contributed by atoms with Crippen LogP contribution < -0.4 is 14.4 Å². The molecule has 0 saturated carbocycles. The van der Waals surface area contributed by atoms with Crippen LogP contribution in [0.15, 0.2) is 36.4 Å². The summed E-state index contributed by atoms with van der Waals surface area (Å²) < 4.78 is 15.3. The second kappa shape index (κ2) is 8.12. The highest BCUT2D eigenvalue weighted by molar-refractivity contribution is 5.97. The Morgan fingerprint density at radius 3 is 2.48 bits per heavy atom. The summed E-state index contributed by atoms with van der Waals surface area (Å²) in [6.45, 7) is 0.630. The van der Waals surface area contributed by atoms with E-state index in [1.165, 1.54) is 7.11 Å². The molecule has 0 saturated heterocycles. The smallest absolute Gasteiger partial charge is 0.337 e. The number of hydrogen-bond donors (Lipinski definition) is 0.